The minimum absolute atomic E-state index is 0.553. The van der Waals surface area contributed by atoms with Gasteiger partial charge in [0.2, 0.25) is 0 Å². The molecule has 7 nitrogen and oxygen atoms in total. The number of hydrogen-bond acceptors (Lipinski definition) is 4. The molecular formula is C18H27N5O2S. The van der Waals surface area contributed by atoms with E-state index in [9.17, 15) is 8.42 Å². The third-order valence-electron chi connectivity index (χ3n) is 5.65. The van der Waals surface area contributed by atoms with E-state index >= 15 is 0 Å². The van der Waals surface area contributed by atoms with Gasteiger partial charge in [0.05, 0.1) is 17.6 Å². The first-order valence-corrected chi connectivity index (χ1v) is 10.8. The molecule has 2 saturated heterocycles. The van der Waals surface area contributed by atoms with Crippen LogP contribution in [0.25, 0.3) is 11.0 Å². The third kappa shape index (κ3) is 3.26. The van der Waals surface area contributed by atoms with Crippen LogP contribution in [-0.4, -0.2) is 71.2 Å². The molecule has 8 heteroatoms. The topological polar surface area (TPSA) is 72.5 Å². The number of nitrogens with zero attached hydrogens (tertiary/aromatic N) is 4. The number of nitrogens with one attached hydrogen (secondary N) is 1. The Labute approximate surface area is 155 Å². The van der Waals surface area contributed by atoms with E-state index in [1.165, 1.54) is 11.1 Å². The molecule has 4 rings (SSSR count). The molecule has 3 heterocycles. The maximum Gasteiger partial charge on any atom is 0.282 e. The predicted octanol–water partition coefficient (Wildman–Crippen LogP) is 1.64. The standard InChI is InChI=1S/C18H27N5O2S/c1-14-5-6-16-18(15(14)2)20-17(19-16)13-21-9-11-23(12-10-21)26(24,25)22-7-3-4-8-22/h5-6H,3-4,7-13H2,1-2H3,(H,19,20). The zero-order chi connectivity index (χ0) is 18.3. The fourth-order valence-corrected chi connectivity index (χ4v) is 5.52. The predicted molar refractivity (Wildman–Crippen MR) is 102 cm³/mol. The van der Waals surface area contributed by atoms with Gasteiger partial charge in [0.1, 0.15) is 5.82 Å². The summed E-state index contributed by atoms with van der Waals surface area (Å²) in [6, 6.07) is 4.19. The van der Waals surface area contributed by atoms with Gasteiger partial charge >= 0.3 is 0 Å². The number of aromatic nitrogens is 2. The quantitative estimate of drug-likeness (QED) is 0.879. The number of fused-ring (bicyclic) bond motifs is 1. The molecule has 2 aliphatic rings. The van der Waals surface area contributed by atoms with E-state index in [4.69, 9.17) is 4.98 Å². The Bertz CT molecular complexity index is 894. The molecule has 1 N–H and O–H groups in total. The van der Waals surface area contributed by atoms with Crippen LogP contribution in [0.5, 0.6) is 0 Å². The molecular weight excluding hydrogens is 350 g/mol. The lowest BCUT2D eigenvalue weighted by Crippen LogP contribution is -2.52. The highest BCUT2D eigenvalue weighted by Gasteiger charge is 2.33. The van der Waals surface area contributed by atoms with E-state index in [1.807, 2.05) is 0 Å². The molecule has 0 atom stereocenters. The highest BCUT2D eigenvalue weighted by atomic mass is 32.2. The Hall–Kier alpha value is -1.48. The Morgan fingerprint density at radius 1 is 1.00 bits per heavy atom. The van der Waals surface area contributed by atoms with Crippen molar-refractivity contribution in [1.29, 1.82) is 0 Å². The van der Waals surface area contributed by atoms with Crippen molar-refractivity contribution in [1.82, 2.24) is 23.5 Å². The van der Waals surface area contributed by atoms with Crippen LogP contribution in [0.4, 0.5) is 0 Å². The number of imidazole rings is 1. The maximum absolute atomic E-state index is 12.7. The first-order valence-electron chi connectivity index (χ1n) is 9.37. The van der Waals surface area contributed by atoms with E-state index < -0.39 is 10.2 Å². The van der Waals surface area contributed by atoms with Gasteiger partial charge in [-0.05, 0) is 43.9 Å². The first kappa shape index (κ1) is 17.9. The maximum atomic E-state index is 12.7. The summed E-state index contributed by atoms with van der Waals surface area (Å²) in [5.74, 6) is 0.949. The van der Waals surface area contributed by atoms with Crippen molar-refractivity contribution < 1.29 is 8.42 Å². The minimum Gasteiger partial charge on any atom is -0.341 e. The van der Waals surface area contributed by atoms with Crippen LogP contribution in [0, 0.1) is 13.8 Å². The summed E-state index contributed by atoms with van der Waals surface area (Å²) >= 11 is 0. The number of rotatable bonds is 4. The van der Waals surface area contributed by atoms with Gasteiger partial charge in [0, 0.05) is 39.3 Å². The van der Waals surface area contributed by atoms with Gasteiger partial charge in [-0.3, -0.25) is 4.90 Å². The zero-order valence-electron chi connectivity index (χ0n) is 15.5. The summed E-state index contributed by atoms with van der Waals surface area (Å²) in [5.41, 5.74) is 4.57. The van der Waals surface area contributed by atoms with Crippen LogP contribution in [0.2, 0.25) is 0 Å². The average molecular weight is 378 g/mol. The molecule has 0 saturated carbocycles. The summed E-state index contributed by atoms with van der Waals surface area (Å²) < 4.78 is 28.6. The van der Waals surface area contributed by atoms with E-state index in [0.717, 1.165) is 49.3 Å². The molecule has 0 bridgehead atoms. The number of H-pyrrole nitrogens is 1. The van der Waals surface area contributed by atoms with Gasteiger partial charge < -0.3 is 4.98 Å². The van der Waals surface area contributed by atoms with Crippen molar-refractivity contribution in [2.45, 2.75) is 33.2 Å². The Balaban J connectivity index is 1.40. The van der Waals surface area contributed by atoms with Crippen molar-refractivity contribution in [3.05, 3.63) is 29.1 Å². The number of piperazine rings is 1. The zero-order valence-corrected chi connectivity index (χ0v) is 16.3. The second-order valence-corrected chi connectivity index (χ2v) is 9.30. The SMILES string of the molecule is Cc1ccc2[nH]c(CN3CCN(S(=O)(=O)N4CCCC4)CC3)nc2c1C. The number of aromatic amines is 1. The van der Waals surface area contributed by atoms with Gasteiger partial charge in [0.25, 0.3) is 10.2 Å². The van der Waals surface area contributed by atoms with Crippen molar-refractivity contribution >= 4 is 21.2 Å². The third-order valence-corrected chi connectivity index (χ3v) is 7.69. The van der Waals surface area contributed by atoms with Crippen LogP contribution in [-0.2, 0) is 16.8 Å². The largest absolute Gasteiger partial charge is 0.341 e. The Kier molecular flexibility index (Phi) is 4.77. The summed E-state index contributed by atoms with van der Waals surface area (Å²) in [7, 11) is -3.27. The Morgan fingerprint density at radius 3 is 2.35 bits per heavy atom. The van der Waals surface area contributed by atoms with Crippen LogP contribution in [0.3, 0.4) is 0 Å². The van der Waals surface area contributed by atoms with Crippen LogP contribution in [0.1, 0.15) is 29.8 Å². The molecule has 0 radical (unpaired) electrons. The van der Waals surface area contributed by atoms with Gasteiger partial charge in [-0.1, -0.05) is 6.07 Å². The molecule has 2 aromatic rings. The van der Waals surface area contributed by atoms with E-state index in [-0.39, 0.29) is 0 Å². The first-order chi connectivity index (χ1) is 12.4. The monoisotopic (exact) mass is 377 g/mol. The molecule has 2 fully saturated rings. The van der Waals surface area contributed by atoms with E-state index in [1.54, 1.807) is 8.61 Å². The van der Waals surface area contributed by atoms with Crippen molar-refractivity contribution in [2.75, 3.05) is 39.3 Å². The lowest BCUT2D eigenvalue weighted by atomic mass is 10.1. The summed E-state index contributed by atoms with van der Waals surface area (Å²) in [6.45, 7) is 8.84. The molecule has 1 aromatic heterocycles. The van der Waals surface area contributed by atoms with Gasteiger partial charge in [-0.25, -0.2) is 4.98 Å². The molecule has 0 spiro atoms. The molecule has 2 aliphatic heterocycles. The fraction of sp³-hybridized carbons (Fsp3) is 0.611. The highest BCUT2D eigenvalue weighted by molar-refractivity contribution is 7.86. The molecule has 142 valence electrons. The van der Waals surface area contributed by atoms with Crippen molar-refractivity contribution in [3.8, 4) is 0 Å². The molecule has 0 unspecified atom stereocenters. The highest BCUT2D eigenvalue weighted by Crippen LogP contribution is 2.21. The molecule has 0 aliphatic carbocycles. The molecule has 26 heavy (non-hydrogen) atoms. The van der Waals surface area contributed by atoms with Crippen LogP contribution < -0.4 is 0 Å². The number of aryl methyl sites for hydroxylation is 2. The smallest absolute Gasteiger partial charge is 0.282 e. The molecule has 1 aromatic carbocycles. The lowest BCUT2D eigenvalue weighted by Gasteiger charge is -2.35. The van der Waals surface area contributed by atoms with Crippen molar-refractivity contribution in [2.24, 2.45) is 0 Å². The second-order valence-electron chi connectivity index (χ2n) is 7.38. The normalized spacial score (nSPS) is 21.0. The van der Waals surface area contributed by atoms with Gasteiger partial charge in [0.15, 0.2) is 0 Å². The minimum atomic E-state index is -3.27. The van der Waals surface area contributed by atoms with E-state index in [0.29, 0.717) is 26.2 Å². The summed E-state index contributed by atoms with van der Waals surface area (Å²) in [5, 5.41) is 0. The van der Waals surface area contributed by atoms with Gasteiger partial charge in [-0.15, -0.1) is 0 Å². The average Bonchev–Trinajstić information content (AvgIpc) is 3.29. The summed E-state index contributed by atoms with van der Waals surface area (Å²) in [4.78, 5) is 10.4. The second kappa shape index (κ2) is 6.92. The summed E-state index contributed by atoms with van der Waals surface area (Å²) in [6.07, 6.45) is 1.95. The van der Waals surface area contributed by atoms with Crippen LogP contribution >= 0.6 is 0 Å². The lowest BCUT2D eigenvalue weighted by molar-refractivity contribution is 0.173. The number of benzene rings is 1. The Morgan fingerprint density at radius 2 is 1.65 bits per heavy atom. The number of hydrogen-bond donors (Lipinski definition) is 1. The van der Waals surface area contributed by atoms with Crippen molar-refractivity contribution in [3.63, 3.8) is 0 Å². The van der Waals surface area contributed by atoms with E-state index in [2.05, 4.69) is 35.9 Å². The molecule has 0 amide bonds. The van der Waals surface area contributed by atoms with Gasteiger partial charge in [-0.2, -0.15) is 17.0 Å². The fourth-order valence-electron chi connectivity index (χ4n) is 3.85. The van der Waals surface area contributed by atoms with Crippen LogP contribution in [0.15, 0.2) is 12.1 Å².